The monoisotopic (exact) mass is 490 g/mol. The maximum atomic E-state index is 13.6. The summed E-state index contributed by atoms with van der Waals surface area (Å²) in [5.41, 5.74) is 1.65. The van der Waals surface area contributed by atoms with Crippen LogP contribution in [0.4, 0.5) is 5.13 Å². The van der Waals surface area contributed by atoms with Gasteiger partial charge in [-0.2, -0.15) is 0 Å². The zero-order valence-corrected chi connectivity index (χ0v) is 20.9. The lowest BCUT2D eigenvalue weighted by Crippen LogP contribution is -2.38. The van der Waals surface area contributed by atoms with Crippen molar-refractivity contribution >= 4 is 66.6 Å². The predicted octanol–water partition coefficient (Wildman–Crippen LogP) is 5.72. The Balaban J connectivity index is 0.00000289. The van der Waals surface area contributed by atoms with Crippen LogP contribution in [0, 0.1) is 0 Å². The molecule has 2 aromatic carbocycles. The molecule has 0 spiro atoms. The summed E-state index contributed by atoms with van der Waals surface area (Å²) in [7, 11) is 0. The van der Waals surface area contributed by atoms with E-state index in [-0.39, 0.29) is 18.3 Å². The number of nitrogens with zero attached hydrogens (tertiary/aromatic N) is 4. The lowest BCUT2D eigenvalue weighted by Gasteiger charge is -2.24. The van der Waals surface area contributed by atoms with E-state index in [9.17, 15) is 4.79 Å². The Morgan fingerprint density at radius 1 is 0.938 bits per heavy atom. The van der Waals surface area contributed by atoms with E-state index in [1.54, 1.807) is 4.90 Å². The number of para-hydroxylation sites is 2. The number of hydrogen-bond donors (Lipinski definition) is 0. The van der Waals surface area contributed by atoms with Gasteiger partial charge >= 0.3 is 0 Å². The van der Waals surface area contributed by atoms with Crippen LogP contribution >= 0.6 is 35.1 Å². The number of rotatable bonds is 9. The van der Waals surface area contributed by atoms with E-state index >= 15 is 0 Å². The number of likely N-dealkylation sites (N-methyl/N-ethyl adjacent to an activating group) is 1. The fraction of sp³-hybridized carbons (Fsp3) is 0.348. The van der Waals surface area contributed by atoms with Crippen molar-refractivity contribution in [1.29, 1.82) is 0 Å². The first-order valence-electron chi connectivity index (χ1n) is 10.6. The minimum atomic E-state index is -0.106. The first-order chi connectivity index (χ1) is 15.1. The fourth-order valence-electron chi connectivity index (χ4n) is 3.44. The van der Waals surface area contributed by atoms with Crippen molar-refractivity contribution in [1.82, 2.24) is 14.9 Å². The van der Waals surface area contributed by atoms with Gasteiger partial charge < -0.3 is 9.64 Å². The number of benzene rings is 2. The number of carbonyl (C=O) groups is 1. The van der Waals surface area contributed by atoms with E-state index in [4.69, 9.17) is 9.72 Å². The third-order valence-corrected chi connectivity index (χ3v) is 7.23. The molecule has 0 fully saturated rings. The van der Waals surface area contributed by atoms with Gasteiger partial charge in [0.15, 0.2) is 10.1 Å². The average molecular weight is 491 g/mol. The van der Waals surface area contributed by atoms with Crippen LogP contribution in [0.5, 0.6) is 5.75 Å². The Bertz CT molecular complexity index is 1160. The Hall–Kier alpha value is -2.26. The van der Waals surface area contributed by atoms with E-state index < -0.39 is 0 Å². The van der Waals surface area contributed by atoms with Crippen LogP contribution in [0.2, 0.25) is 0 Å². The van der Waals surface area contributed by atoms with Crippen molar-refractivity contribution in [3.05, 3.63) is 47.5 Å². The zero-order chi connectivity index (χ0) is 21.8. The van der Waals surface area contributed by atoms with Gasteiger partial charge in [-0.25, -0.2) is 9.97 Å². The number of fused-ring (bicyclic) bond motifs is 2. The van der Waals surface area contributed by atoms with Crippen LogP contribution in [-0.2, 0) is 0 Å². The van der Waals surface area contributed by atoms with E-state index in [1.807, 2.05) is 49.4 Å². The van der Waals surface area contributed by atoms with Crippen LogP contribution in [0.25, 0.3) is 20.4 Å². The van der Waals surface area contributed by atoms with Crippen LogP contribution in [0.1, 0.15) is 30.6 Å². The van der Waals surface area contributed by atoms with Gasteiger partial charge in [0.1, 0.15) is 11.3 Å². The molecule has 0 atom stereocenters. The molecule has 9 heteroatoms. The maximum absolute atomic E-state index is 13.6. The molecule has 2 aromatic heterocycles. The molecule has 0 aliphatic heterocycles. The Morgan fingerprint density at radius 2 is 1.69 bits per heavy atom. The van der Waals surface area contributed by atoms with Crippen LogP contribution in [0.15, 0.2) is 42.5 Å². The molecule has 170 valence electrons. The number of aromatic nitrogens is 2. The van der Waals surface area contributed by atoms with Crippen molar-refractivity contribution in [2.24, 2.45) is 0 Å². The number of amides is 1. The molecule has 0 unspecified atom stereocenters. The van der Waals surface area contributed by atoms with E-state index in [0.29, 0.717) is 23.3 Å². The highest BCUT2D eigenvalue weighted by Gasteiger charge is 2.25. The van der Waals surface area contributed by atoms with Gasteiger partial charge in [-0.15, -0.1) is 23.7 Å². The highest BCUT2D eigenvalue weighted by molar-refractivity contribution is 7.23. The molecule has 1 amide bonds. The Labute approximate surface area is 202 Å². The molecule has 4 rings (SSSR count). The fourth-order valence-corrected chi connectivity index (χ4v) is 5.37. The van der Waals surface area contributed by atoms with Gasteiger partial charge in [0, 0.05) is 13.1 Å². The predicted molar refractivity (Wildman–Crippen MR) is 137 cm³/mol. The number of ether oxygens (including phenoxy) is 1. The molecule has 0 saturated carbocycles. The summed E-state index contributed by atoms with van der Waals surface area (Å²) >= 11 is 2.94. The second-order valence-electron chi connectivity index (χ2n) is 7.00. The number of carbonyl (C=O) groups excluding carboxylic acids is 1. The summed E-state index contributed by atoms with van der Waals surface area (Å²) in [4.78, 5) is 27.1. The quantitative estimate of drug-likeness (QED) is 0.300. The second kappa shape index (κ2) is 11.0. The summed E-state index contributed by atoms with van der Waals surface area (Å²) in [6, 6.07) is 13.7. The highest BCUT2D eigenvalue weighted by Crippen LogP contribution is 2.35. The topological polar surface area (TPSA) is 58.6 Å². The summed E-state index contributed by atoms with van der Waals surface area (Å²) in [6.07, 6.45) is 0. The molecular formula is C23H27ClN4O2S2. The third-order valence-electron chi connectivity index (χ3n) is 5.16. The first-order valence-corrected chi connectivity index (χ1v) is 12.2. The molecule has 6 nitrogen and oxygen atoms in total. The normalized spacial score (nSPS) is 11.1. The molecule has 32 heavy (non-hydrogen) atoms. The second-order valence-corrected chi connectivity index (χ2v) is 9.04. The lowest BCUT2D eigenvalue weighted by atomic mass is 10.3. The number of hydrogen-bond acceptors (Lipinski definition) is 7. The van der Waals surface area contributed by atoms with Crippen molar-refractivity contribution in [2.75, 3.05) is 37.7 Å². The zero-order valence-electron chi connectivity index (χ0n) is 18.4. The molecule has 0 aliphatic carbocycles. The maximum Gasteiger partial charge on any atom is 0.289 e. The summed E-state index contributed by atoms with van der Waals surface area (Å²) in [6.45, 7) is 10.0. The van der Waals surface area contributed by atoms with Gasteiger partial charge in [0.05, 0.1) is 21.5 Å². The molecule has 2 heterocycles. The highest BCUT2D eigenvalue weighted by atomic mass is 35.5. The smallest absolute Gasteiger partial charge is 0.289 e. The summed E-state index contributed by atoms with van der Waals surface area (Å²) in [5, 5.41) is 1.17. The third kappa shape index (κ3) is 5.04. The van der Waals surface area contributed by atoms with Gasteiger partial charge in [-0.1, -0.05) is 43.4 Å². The van der Waals surface area contributed by atoms with Crippen molar-refractivity contribution in [2.45, 2.75) is 20.8 Å². The van der Waals surface area contributed by atoms with E-state index in [2.05, 4.69) is 23.7 Å². The molecule has 0 aliphatic rings. The van der Waals surface area contributed by atoms with Crippen LogP contribution < -0.4 is 9.64 Å². The SMILES string of the molecule is CCOc1cccc2sc(N(CCN(CC)CC)C(=O)c3nc4ccccc4s3)nc12.Cl. The molecule has 0 N–H and O–H groups in total. The Kier molecular flexibility index (Phi) is 8.42. The summed E-state index contributed by atoms with van der Waals surface area (Å²) in [5.74, 6) is 0.643. The minimum Gasteiger partial charge on any atom is -0.492 e. The first kappa shape index (κ1) is 24.4. The van der Waals surface area contributed by atoms with Crippen molar-refractivity contribution in [3.63, 3.8) is 0 Å². The number of thiazole rings is 2. The number of halogens is 1. The molecule has 4 aromatic rings. The van der Waals surface area contributed by atoms with E-state index in [0.717, 1.165) is 45.8 Å². The Morgan fingerprint density at radius 3 is 2.41 bits per heavy atom. The van der Waals surface area contributed by atoms with Gasteiger partial charge in [0.25, 0.3) is 5.91 Å². The lowest BCUT2D eigenvalue weighted by molar-refractivity contribution is 0.0983. The minimum absolute atomic E-state index is 0. The largest absolute Gasteiger partial charge is 0.492 e. The van der Waals surface area contributed by atoms with Crippen molar-refractivity contribution in [3.8, 4) is 5.75 Å². The van der Waals surface area contributed by atoms with E-state index in [1.165, 1.54) is 22.7 Å². The van der Waals surface area contributed by atoms with Gasteiger partial charge in [0.2, 0.25) is 0 Å². The number of anilines is 1. The van der Waals surface area contributed by atoms with Gasteiger partial charge in [-0.05, 0) is 44.3 Å². The van der Waals surface area contributed by atoms with Crippen LogP contribution in [0.3, 0.4) is 0 Å². The van der Waals surface area contributed by atoms with Gasteiger partial charge in [-0.3, -0.25) is 9.69 Å². The standard InChI is InChI=1S/C23H26N4O2S2.ClH/c1-4-26(5-2)14-15-27(22(28)21-24-16-10-7-8-12-18(16)30-21)23-25-20-17(29-6-3)11-9-13-19(20)31-23;/h7-13H,4-6,14-15H2,1-3H3;1H. The molecule has 0 radical (unpaired) electrons. The molecule has 0 saturated heterocycles. The summed E-state index contributed by atoms with van der Waals surface area (Å²) < 4.78 is 7.77. The van der Waals surface area contributed by atoms with Crippen LogP contribution in [-0.4, -0.2) is 53.6 Å². The molecular weight excluding hydrogens is 464 g/mol. The molecule has 0 bridgehead atoms. The van der Waals surface area contributed by atoms with Crippen molar-refractivity contribution < 1.29 is 9.53 Å². The average Bonchev–Trinajstić information content (AvgIpc) is 3.41.